The maximum Gasteiger partial charge on any atom is 0.307 e. The Morgan fingerprint density at radius 3 is 1.90 bits per heavy atom. The lowest BCUT2D eigenvalue weighted by Crippen LogP contribution is -2.31. The minimum atomic E-state index is -1.01. The number of ether oxygens (including phenoxy) is 1. The molecule has 0 saturated heterocycles. The van der Waals surface area contributed by atoms with E-state index in [-0.39, 0.29) is 49.7 Å². The number of rotatable bonds is 5. The van der Waals surface area contributed by atoms with Gasteiger partial charge in [-0.1, -0.05) is 35.3 Å². The van der Waals surface area contributed by atoms with E-state index in [0.29, 0.717) is 48.2 Å². The van der Waals surface area contributed by atoms with Gasteiger partial charge in [-0.05, 0) is 111 Å². The SMILES string of the molecule is CCOC(C)=O.Fc1c(Br)cc2c(c1F)CCC2.O=C(Cc1cccnc1Cl)N1CCc2cc(Br)c(F)c(F)c21.O=C(O)Cc1cccnc1Cl. The predicted molar refractivity (Wildman–Crippen MR) is 192 cm³/mol. The van der Waals surface area contributed by atoms with E-state index in [4.69, 9.17) is 28.3 Å². The molecule has 1 aliphatic carbocycles. The van der Waals surface area contributed by atoms with Crippen molar-refractivity contribution in [2.24, 2.45) is 0 Å². The van der Waals surface area contributed by atoms with E-state index >= 15 is 0 Å². The summed E-state index contributed by atoms with van der Waals surface area (Å²) in [6.07, 6.45) is 5.91. The van der Waals surface area contributed by atoms with E-state index < -0.39 is 29.2 Å². The normalized spacial score (nSPS) is 12.2. The lowest BCUT2D eigenvalue weighted by molar-refractivity contribution is -0.140. The van der Waals surface area contributed by atoms with Gasteiger partial charge in [0.05, 0.1) is 34.1 Å². The number of carboxylic acid groups (broad SMARTS) is 1. The zero-order valence-corrected chi connectivity index (χ0v) is 31.9. The van der Waals surface area contributed by atoms with Crippen LogP contribution in [-0.2, 0) is 51.2 Å². The second kappa shape index (κ2) is 19.9. The van der Waals surface area contributed by atoms with Gasteiger partial charge in [-0.3, -0.25) is 14.4 Å². The number of fused-ring (bicyclic) bond motifs is 2. The molecule has 0 atom stereocenters. The number of anilines is 1. The van der Waals surface area contributed by atoms with E-state index in [1.54, 1.807) is 37.3 Å². The molecule has 0 radical (unpaired) electrons. The molecule has 1 aliphatic heterocycles. The lowest BCUT2D eigenvalue weighted by Gasteiger charge is -2.18. The number of hydrogen-bond donors (Lipinski definition) is 1. The molecule has 51 heavy (non-hydrogen) atoms. The maximum atomic E-state index is 14.2. The summed E-state index contributed by atoms with van der Waals surface area (Å²) in [4.78, 5) is 41.4. The van der Waals surface area contributed by atoms with Crippen molar-refractivity contribution in [3.8, 4) is 0 Å². The predicted octanol–water partition coefficient (Wildman–Crippen LogP) is 9.06. The average molecular weight is 880 g/mol. The van der Waals surface area contributed by atoms with Crippen molar-refractivity contribution < 1.29 is 41.8 Å². The molecule has 0 spiro atoms. The summed E-state index contributed by atoms with van der Waals surface area (Å²) >= 11 is 17.5. The van der Waals surface area contributed by atoms with Crippen LogP contribution in [0.2, 0.25) is 10.3 Å². The first-order valence-electron chi connectivity index (χ1n) is 15.3. The fourth-order valence-electron chi connectivity index (χ4n) is 5.07. The molecule has 6 rings (SSSR count). The number of aromatic nitrogens is 2. The van der Waals surface area contributed by atoms with Gasteiger partial charge in [0.1, 0.15) is 10.3 Å². The Bertz CT molecular complexity index is 1910. The van der Waals surface area contributed by atoms with Crippen LogP contribution in [0.1, 0.15) is 48.1 Å². The third kappa shape index (κ3) is 11.7. The van der Waals surface area contributed by atoms with Crippen LogP contribution in [0.4, 0.5) is 23.2 Å². The number of carbonyl (C=O) groups is 3. The summed E-state index contributed by atoms with van der Waals surface area (Å²) in [6.45, 7) is 3.97. The van der Waals surface area contributed by atoms with Crippen molar-refractivity contribution >= 4 is 78.6 Å². The van der Waals surface area contributed by atoms with Crippen molar-refractivity contribution in [2.45, 2.75) is 52.4 Å². The summed E-state index contributed by atoms with van der Waals surface area (Å²) in [5.74, 6) is -4.87. The van der Waals surface area contributed by atoms with Crippen LogP contribution in [-0.4, -0.2) is 46.1 Å². The third-order valence-electron chi connectivity index (χ3n) is 7.32. The number of hydrogen-bond acceptors (Lipinski definition) is 6. The Kier molecular flexibility index (Phi) is 16.3. The minimum Gasteiger partial charge on any atom is -0.481 e. The van der Waals surface area contributed by atoms with Gasteiger partial charge in [-0.25, -0.2) is 27.5 Å². The van der Waals surface area contributed by atoms with Crippen molar-refractivity contribution in [3.05, 3.63) is 119 Å². The number of esters is 1. The number of halogens is 8. The van der Waals surface area contributed by atoms with Gasteiger partial charge >= 0.3 is 11.9 Å². The van der Waals surface area contributed by atoms with Crippen molar-refractivity contribution in [1.82, 2.24) is 9.97 Å². The first kappa shape index (κ1) is 41.8. The quantitative estimate of drug-likeness (QED) is 0.0923. The third-order valence-corrected chi connectivity index (χ3v) is 9.16. The molecular formula is C35H31Br2Cl2F4N3O5. The van der Waals surface area contributed by atoms with Gasteiger partial charge in [0.25, 0.3) is 0 Å². The Labute approximate surface area is 318 Å². The Balaban J connectivity index is 0.000000205. The fourth-order valence-corrected chi connectivity index (χ4v) is 6.34. The molecule has 4 aromatic rings. The molecule has 0 bridgehead atoms. The summed E-state index contributed by atoms with van der Waals surface area (Å²) in [6, 6.07) is 9.85. The molecular weight excluding hydrogens is 849 g/mol. The first-order chi connectivity index (χ1) is 24.2. The number of benzene rings is 2. The van der Waals surface area contributed by atoms with E-state index in [9.17, 15) is 31.9 Å². The van der Waals surface area contributed by atoms with Crippen LogP contribution in [0.25, 0.3) is 0 Å². The molecule has 2 aromatic carbocycles. The molecule has 0 saturated carbocycles. The lowest BCUT2D eigenvalue weighted by atomic mass is 10.1. The Hall–Kier alpha value is -3.59. The smallest absolute Gasteiger partial charge is 0.307 e. The van der Waals surface area contributed by atoms with Crippen LogP contribution in [0.5, 0.6) is 0 Å². The Morgan fingerprint density at radius 2 is 1.39 bits per heavy atom. The van der Waals surface area contributed by atoms with Crippen LogP contribution in [0, 0.1) is 23.3 Å². The fraction of sp³-hybridized carbons (Fsp3) is 0.286. The molecule has 3 heterocycles. The number of aliphatic carboxylic acids is 1. The van der Waals surface area contributed by atoms with Gasteiger partial charge in [-0.2, -0.15) is 0 Å². The summed E-state index contributed by atoms with van der Waals surface area (Å²) in [5.41, 5.74) is 3.24. The molecule has 272 valence electrons. The van der Waals surface area contributed by atoms with Crippen molar-refractivity contribution in [2.75, 3.05) is 18.1 Å². The van der Waals surface area contributed by atoms with Gasteiger partial charge in [-0.15, -0.1) is 0 Å². The van der Waals surface area contributed by atoms with Crippen molar-refractivity contribution in [1.29, 1.82) is 0 Å². The summed E-state index contributed by atoms with van der Waals surface area (Å²) in [7, 11) is 0. The van der Waals surface area contributed by atoms with Gasteiger partial charge in [0.15, 0.2) is 23.3 Å². The number of amides is 1. The second-order valence-electron chi connectivity index (χ2n) is 10.8. The minimum absolute atomic E-state index is 0.0107. The summed E-state index contributed by atoms with van der Waals surface area (Å²) in [5, 5.41) is 8.90. The largest absolute Gasteiger partial charge is 0.481 e. The molecule has 0 fully saturated rings. The van der Waals surface area contributed by atoms with Crippen LogP contribution in [0.3, 0.4) is 0 Å². The molecule has 1 N–H and O–H groups in total. The number of carbonyl (C=O) groups excluding carboxylic acids is 2. The van der Waals surface area contributed by atoms with Crippen LogP contribution >= 0.6 is 55.1 Å². The van der Waals surface area contributed by atoms with E-state index in [2.05, 4.69) is 46.6 Å². The molecule has 2 aliphatic rings. The maximum absolute atomic E-state index is 14.2. The van der Waals surface area contributed by atoms with Gasteiger partial charge < -0.3 is 14.7 Å². The van der Waals surface area contributed by atoms with Crippen LogP contribution < -0.4 is 4.90 Å². The topological polar surface area (TPSA) is 110 Å². The highest BCUT2D eigenvalue weighted by molar-refractivity contribution is 9.10. The number of nitrogens with zero attached hydrogens (tertiary/aromatic N) is 3. The second-order valence-corrected chi connectivity index (χ2v) is 13.3. The van der Waals surface area contributed by atoms with Gasteiger partial charge in [0.2, 0.25) is 5.91 Å². The molecule has 0 unspecified atom stereocenters. The highest BCUT2D eigenvalue weighted by atomic mass is 79.9. The summed E-state index contributed by atoms with van der Waals surface area (Å²) < 4.78 is 58.7. The highest BCUT2D eigenvalue weighted by Crippen LogP contribution is 2.36. The van der Waals surface area contributed by atoms with E-state index in [1.807, 2.05) is 0 Å². The number of pyridine rings is 2. The van der Waals surface area contributed by atoms with Crippen LogP contribution in [0.15, 0.2) is 57.7 Å². The molecule has 1 amide bonds. The van der Waals surface area contributed by atoms with Gasteiger partial charge in [0, 0.05) is 31.4 Å². The number of aryl methyl sites for hydroxylation is 1. The standard InChI is InChI=1S/C15H10BrClF2N2O.C9H7BrF2.C7H6ClNO2.C4H8O2/c16-10-6-8-3-5-21(14(8)13(19)12(10)18)11(22)7-9-2-1-4-20-15(9)17;10-7-4-5-2-1-3-6(5)8(11)9(7)12;8-7-5(4-6(10)11)2-1-3-9-7;1-3-6-4(2)5/h1-2,4,6H,3,5,7H2;4H,1-3H2;1-3H,4H2,(H,10,11);3H2,1-2H3. The molecule has 2 aromatic heterocycles. The molecule has 16 heteroatoms. The van der Waals surface area contributed by atoms with E-state index in [0.717, 1.165) is 18.4 Å². The zero-order valence-electron chi connectivity index (χ0n) is 27.2. The highest BCUT2D eigenvalue weighted by Gasteiger charge is 2.31. The van der Waals surface area contributed by atoms with Crippen molar-refractivity contribution in [3.63, 3.8) is 0 Å². The monoisotopic (exact) mass is 877 g/mol. The Morgan fingerprint density at radius 1 is 0.843 bits per heavy atom. The first-order valence-corrected chi connectivity index (χ1v) is 17.7. The average Bonchev–Trinajstić information content (AvgIpc) is 3.73. The molecule has 8 nitrogen and oxygen atoms in total. The van der Waals surface area contributed by atoms with E-state index in [1.165, 1.54) is 30.3 Å². The zero-order chi connectivity index (χ0) is 37.8. The number of carboxylic acids is 1.